The Balaban J connectivity index is 1.96. The van der Waals surface area contributed by atoms with Gasteiger partial charge in [0.25, 0.3) is 0 Å². The van der Waals surface area contributed by atoms with E-state index in [1.54, 1.807) is 6.07 Å². The van der Waals surface area contributed by atoms with E-state index >= 15 is 0 Å². The van der Waals surface area contributed by atoms with Crippen molar-refractivity contribution in [1.29, 1.82) is 0 Å². The zero-order valence-corrected chi connectivity index (χ0v) is 12.1. The predicted molar refractivity (Wildman–Crippen MR) is 79.8 cm³/mol. The summed E-state index contributed by atoms with van der Waals surface area (Å²) >= 11 is 0. The summed E-state index contributed by atoms with van der Waals surface area (Å²) in [7, 11) is 0. The molecular formula is C16H22N2O3. The fourth-order valence-corrected chi connectivity index (χ4v) is 3.00. The summed E-state index contributed by atoms with van der Waals surface area (Å²) in [6.07, 6.45) is 3.12. The maximum absolute atomic E-state index is 11.4. The van der Waals surface area contributed by atoms with Crippen LogP contribution in [-0.2, 0) is 11.3 Å². The van der Waals surface area contributed by atoms with Gasteiger partial charge in [-0.15, -0.1) is 0 Å². The number of nitrogens with two attached hydrogens (primary N) is 1. The van der Waals surface area contributed by atoms with Crippen molar-refractivity contribution in [2.24, 2.45) is 11.7 Å². The number of piperidine rings is 1. The monoisotopic (exact) mass is 290 g/mol. The molecule has 1 amide bonds. The molecule has 5 nitrogen and oxygen atoms in total. The molecule has 0 aliphatic carbocycles. The van der Waals surface area contributed by atoms with Crippen molar-refractivity contribution in [2.75, 3.05) is 13.1 Å². The minimum Gasteiger partial charge on any atom is -0.481 e. The SMILES string of the molecule is NC(=O)c1ccccc1CN1CCCC(CCC(=O)O)C1. The molecule has 2 rings (SSSR count). The number of rotatable bonds is 6. The molecule has 5 heteroatoms. The second kappa shape index (κ2) is 7.22. The Labute approximate surface area is 124 Å². The van der Waals surface area contributed by atoms with Gasteiger partial charge in [-0.3, -0.25) is 14.5 Å². The maximum atomic E-state index is 11.4. The quantitative estimate of drug-likeness (QED) is 0.837. The second-order valence-corrected chi connectivity index (χ2v) is 5.70. The van der Waals surface area contributed by atoms with E-state index in [1.807, 2.05) is 18.2 Å². The first-order valence-corrected chi connectivity index (χ1v) is 7.38. The van der Waals surface area contributed by atoms with Gasteiger partial charge in [0.2, 0.25) is 5.91 Å². The number of likely N-dealkylation sites (tertiary alicyclic amines) is 1. The van der Waals surface area contributed by atoms with E-state index < -0.39 is 11.9 Å². The van der Waals surface area contributed by atoms with Gasteiger partial charge >= 0.3 is 5.97 Å². The van der Waals surface area contributed by atoms with Gasteiger partial charge in [-0.1, -0.05) is 18.2 Å². The van der Waals surface area contributed by atoms with Crippen LogP contribution in [-0.4, -0.2) is 35.0 Å². The van der Waals surface area contributed by atoms with Crippen molar-refractivity contribution in [2.45, 2.75) is 32.2 Å². The predicted octanol–water partition coefficient (Wildman–Crippen LogP) is 1.86. The van der Waals surface area contributed by atoms with Crippen LogP contribution in [0.1, 0.15) is 41.6 Å². The van der Waals surface area contributed by atoms with E-state index in [1.165, 1.54) is 0 Å². The van der Waals surface area contributed by atoms with Gasteiger partial charge in [-0.25, -0.2) is 0 Å². The number of nitrogens with zero attached hydrogens (tertiary/aromatic N) is 1. The molecule has 1 aliphatic rings. The molecule has 0 radical (unpaired) electrons. The van der Waals surface area contributed by atoms with Gasteiger partial charge < -0.3 is 10.8 Å². The van der Waals surface area contributed by atoms with Gasteiger partial charge in [-0.05, 0) is 43.4 Å². The summed E-state index contributed by atoms with van der Waals surface area (Å²) in [5.41, 5.74) is 6.93. The molecule has 0 bridgehead atoms. The highest BCUT2D eigenvalue weighted by Crippen LogP contribution is 2.23. The summed E-state index contributed by atoms with van der Waals surface area (Å²) in [4.78, 5) is 24.4. The molecule has 1 fully saturated rings. The number of hydrogen-bond donors (Lipinski definition) is 2. The highest BCUT2D eigenvalue weighted by atomic mass is 16.4. The van der Waals surface area contributed by atoms with Crippen LogP contribution in [0.25, 0.3) is 0 Å². The van der Waals surface area contributed by atoms with Crippen LogP contribution in [0.3, 0.4) is 0 Å². The van der Waals surface area contributed by atoms with Crippen molar-refractivity contribution >= 4 is 11.9 Å². The Morgan fingerprint density at radius 1 is 1.33 bits per heavy atom. The van der Waals surface area contributed by atoms with Crippen molar-refractivity contribution in [3.8, 4) is 0 Å². The second-order valence-electron chi connectivity index (χ2n) is 5.70. The van der Waals surface area contributed by atoms with E-state index in [0.29, 0.717) is 18.0 Å². The number of carboxylic acid groups (broad SMARTS) is 1. The third-order valence-electron chi connectivity index (χ3n) is 4.05. The first kappa shape index (κ1) is 15.5. The van der Waals surface area contributed by atoms with E-state index in [4.69, 9.17) is 10.8 Å². The average Bonchev–Trinajstić information content (AvgIpc) is 2.46. The Morgan fingerprint density at radius 2 is 2.10 bits per heavy atom. The van der Waals surface area contributed by atoms with Gasteiger partial charge in [0.05, 0.1) is 0 Å². The zero-order chi connectivity index (χ0) is 15.2. The topological polar surface area (TPSA) is 83.6 Å². The highest BCUT2D eigenvalue weighted by molar-refractivity contribution is 5.94. The fourth-order valence-electron chi connectivity index (χ4n) is 3.00. The van der Waals surface area contributed by atoms with Crippen LogP contribution in [0, 0.1) is 5.92 Å². The molecule has 1 unspecified atom stereocenters. The Hall–Kier alpha value is -1.88. The van der Waals surface area contributed by atoms with Crippen molar-refractivity contribution in [3.63, 3.8) is 0 Å². The first-order chi connectivity index (χ1) is 10.1. The number of aliphatic carboxylic acids is 1. The van der Waals surface area contributed by atoms with Crippen LogP contribution in [0.2, 0.25) is 0 Å². The van der Waals surface area contributed by atoms with Crippen LogP contribution in [0.4, 0.5) is 0 Å². The summed E-state index contributed by atoms with van der Waals surface area (Å²) in [5, 5.41) is 8.78. The minimum absolute atomic E-state index is 0.233. The molecule has 1 aromatic rings. The van der Waals surface area contributed by atoms with Crippen LogP contribution >= 0.6 is 0 Å². The lowest BCUT2D eigenvalue weighted by atomic mass is 9.93. The highest BCUT2D eigenvalue weighted by Gasteiger charge is 2.21. The smallest absolute Gasteiger partial charge is 0.303 e. The summed E-state index contributed by atoms with van der Waals surface area (Å²) in [6.45, 7) is 2.57. The van der Waals surface area contributed by atoms with Gasteiger partial charge in [0.1, 0.15) is 0 Å². The van der Waals surface area contributed by atoms with Crippen molar-refractivity contribution in [1.82, 2.24) is 4.90 Å². The lowest BCUT2D eigenvalue weighted by Crippen LogP contribution is -2.35. The minimum atomic E-state index is -0.730. The van der Waals surface area contributed by atoms with E-state index in [2.05, 4.69) is 4.90 Å². The molecule has 0 saturated carbocycles. The van der Waals surface area contributed by atoms with E-state index in [9.17, 15) is 9.59 Å². The van der Waals surface area contributed by atoms with Crippen LogP contribution < -0.4 is 5.73 Å². The normalized spacial score (nSPS) is 19.3. The molecule has 1 atom stereocenters. The summed E-state index contributed by atoms with van der Waals surface area (Å²) in [6, 6.07) is 7.41. The summed E-state index contributed by atoms with van der Waals surface area (Å²) < 4.78 is 0. The lowest BCUT2D eigenvalue weighted by molar-refractivity contribution is -0.137. The van der Waals surface area contributed by atoms with Gasteiger partial charge in [0, 0.05) is 25.1 Å². The van der Waals surface area contributed by atoms with Gasteiger partial charge in [0.15, 0.2) is 0 Å². The van der Waals surface area contributed by atoms with Crippen molar-refractivity contribution < 1.29 is 14.7 Å². The average molecular weight is 290 g/mol. The van der Waals surface area contributed by atoms with Crippen molar-refractivity contribution in [3.05, 3.63) is 35.4 Å². The number of carbonyl (C=O) groups is 2. The molecule has 21 heavy (non-hydrogen) atoms. The molecule has 0 spiro atoms. The zero-order valence-electron chi connectivity index (χ0n) is 12.1. The van der Waals surface area contributed by atoms with E-state index in [0.717, 1.165) is 37.9 Å². The Kier molecular flexibility index (Phi) is 5.33. The molecule has 3 N–H and O–H groups in total. The molecule has 1 heterocycles. The number of primary amides is 1. The number of amides is 1. The molecule has 1 aliphatic heterocycles. The lowest BCUT2D eigenvalue weighted by Gasteiger charge is -2.32. The summed E-state index contributed by atoms with van der Waals surface area (Å²) in [5.74, 6) is -0.702. The standard InChI is InChI=1S/C16H22N2O3/c17-16(21)14-6-2-1-5-13(14)11-18-9-3-4-12(10-18)7-8-15(19)20/h1-2,5-6,12H,3-4,7-11H2,(H2,17,21)(H,19,20). The first-order valence-electron chi connectivity index (χ1n) is 7.38. The third kappa shape index (κ3) is 4.56. The van der Waals surface area contributed by atoms with E-state index in [-0.39, 0.29) is 6.42 Å². The van der Waals surface area contributed by atoms with Crippen LogP contribution in [0.15, 0.2) is 24.3 Å². The maximum Gasteiger partial charge on any atom is 0.303 e. The Bertz CT molecular complexity index is 516. The fraction of sp³-hybridized carbons (Fsp3) is 0.500. The van der Waals surface area contributed by atoms with Crippen LogP contribution in [0.5, 0.6) is 0 Å². The Morgan fingerprint density at radius 3 is 2.81 bits per heavy atom. The molecule has 1 saturated heterocycles. The molecule has 114 valence electrons. The number of carbonyl (C=O) groups excluding carboxylic acids is 1. The molecule has 1 aromatic carbocycles. The molecular weight excluding hydrogens is 268 g/mol. The van der Waals surface area contributed by atoms with Gasteiger partial charge in [-0.2, -0.15) is 0 Å². The number of benzene rings is 1. The number of hydrogen-bond acceptors (Lipinski definition) is 3. The molecule has 0 aromatic heterocycles. The third-order valence-corrected chi connectivity index (χ3v) is 4.05. The largest absolute Gasteiger partial charge is 0.481 e. The number of carboxylic acids is 1.